The Hall–Kier alpha value is -2.66. The molecule has 1 heterocycles. The Morgan fingerprint density at radius 2 is 1.58 bits per heavy atom. The number of rotatable bonds is 3. The van der Waals surface area contributed by atoms with E-state index in [9.17, 15) is 14.7 Å². The number of para-hydroxylation sites is 1. The van der Waals surface area contributed by atoms with Crippen LogP contribution in [0.15, 0.2) is 54.6 Å². The standard InChI is InChI=1S/C19H20N2O3/c22-15-10-12-21(13-11-15)19(24)16-8-4-5-9-17(16)20-18(23)14-6-2-1-3-7-14/h1-9,15,22H,10-13H2,(H,20,23). The van der Waals surface area contributed by atoms with Gasteiger partial charge in [-0.15, -0.1) is 0 Å². The van der Waals surface area contributed by atoms with Crippen LogP contribution in [0.5, 0.6) is 0 Å². The third kappa shape index (κ3) is 3.63. The van der Waals surface area contributed by atoms with Gasteiger partial charge in [0, 0.05) is 18.7 Å². The normalized spacial score (nSPS) is 15.1. The number of piperidine rings is 1. The molecule has 2 aromatic carbocycles. The van der Waals surface area contributed by atoms with Crippen molar-refractivity contribution in [2.24, 2.45) is 0 Å². The van der Waals surface area contributed by atoms with E-state index in [0.717, 1.165) is 0 Å². The van der Waals surface area contributed by atoms with Crippen molar-refractivity contribution in [1.29, 1.82) is 0 Å². The molecule has 0 radical (unpaired) electrons. The largest absolute Gasteiger partial charge is 0.393 e. The van der Waals surface area contributed by atoms with Crippen molar-refractivity contribution < 1.29 is 14.7 Å². The number of likely N-dealkylation sites (tertiary alicyclic amines) is 1. The van der Waals surface area contributed by atoms with E-state index in [4.69, 9.17) is 0 Å². The number of nitrogens with zero attached hydrogens (tertiary/aromatic N) is 1. The zero-order valence-corrected chi connectivity index (χ0v) is 13.3. The van der Waals surface area contributed by atoms with Crippen LogP contribution >= 0.6 is 0 Å². The minimum Gasteiger partial charge on any atom is -0.393 e. The number of nitrogens with one attached hydrogen (secondary N) is 1. The molecule has 5 nitrogen and oxygen atoms in total. The highest BCUT2D eigenvalue weighted by molar-refractivity contribution is 6.09. The maximum absolute atomic E-state index is 12.7. The number of aliphatic hydroxyl groups excluding tert-OH is 1. The Bertz CT molecular complexity index is 722. The van der Waals surface area contributed by atoms with Crippen molar-refractivity contribution in [1.82, 2.24) is 4.90 Å². The van der Waals surface area contributed by atoms with E-state index >= 15 is 0 Å². The Balaban J connectivity index is 1.78. The fourth-order valence-corrected chi connectivity index (χ4v) is 2.80. The van der Waals surface area contributed by atoms with Crippen LogP contribution < -0.4 is 5.32 Å². The third-order valence-corrected chi connectivity index (χ3v) is 4.19. The molecule has 24 heavy (non-hydrogen) atoms. The molecule has 0 bridgehead atoms. The van der Waals surface area contributed by atoms with E-state index in [1.54, 1.807) is 53.4 Å². The second-order valence-corrected chi connectivity index (χ2v) is 5.89. The van der Waals surface area contributed by atoms with Gasteiger partial charge in [-0.2, -0.15) is 0 Å². The van der Waals surface area contributed by atoms with Gasteiger partial charge in [0.15, 0.2) is 0 Å². The van der Waals surface area contributed by atoms with Crippen molar-refractivity contribution in [2.45, 2.75) is 18.9 Å². The Labute approximate surface area is 140 Å². The van der Waals surface area contributed by atoms with E-state index in [1.165, 1.54) is 0 Å². The Morgan fingerprint density at radius 3 is 2.29 bits per heavy atom. The Kier molecular flexibility index (Phi) is 4.91. The lowest BCUT2D eigenvalue weighted by atomic mass is 10.1. The summed E-state index contributed by atoms with van der Waals surface area (Å²) in [6.45, 7) is 1.06. The molecule has 1 aliphatic rings. The lowest BCUT2D eigenvalue weighted by Crippen LogP contribution is -2.40. The number of amides is 2. The summed E-state index contributed by atoms with van der Waals surface area (Å²) in [7, 11) is 0. The molecule has 1 fully saturated rings. The van der Waals surface area contributed by atoms with Crippen molar-refractivity contribution in [3.63, 3.8) is 0 Å². The number of hydrogen-bond acceptors (Lipinski definition) is 3. The molecule has 2 aromatic rings. The zero-order chi connectivity index (χ0) is 16.9. The lowest BCUT2D eigenvalue weighted by Gasteiger charge is -2.30. The fraction of sp³-hybridized carbons (Fsp3) is 0.263. The summed E-state index contributed by atoms with van der Waals surface area (Å²) in [6.07, 6.45) is 0.844. The second-order valence-electron chi connectivity index (χ2n) is 5.89. The van der Waals surface area contributed by atoms with Crippen molar-refractivity contribution >= 4 is 17.5 Å². The molecule has 0 spiro atoms. The summed E-state index contributed by atoms with van der Waals surface area (Å²) < 4.78 is 0. The highest BCUT2D eigenvalue weighted by Crippen LogP contribution is 2.21. The van der Waals surface area contributed by atoms with Gasteiger partial charge in [-0.3, -0.25) is 9.59 Å². The molecule has 0 aromatic heterocycles. The average Bonchev–Trinajstić information content (AvgIpc) is 2.63. The lowest BCUT2D eigenvalue weighted by molar-refractivity contribution is 0.0547. The summed E-state index contributed by atoms with van der Waals surface area (Å²) in [5.41, 5.74) is 1.52. The van der Waals surface area contributed by atoms with E-state index < -0.39 is 0 Å². The van der Waals surface area contributed by atoms with Gasteiger partial charge in [-0.05, 0) is 37.1 Å². The van der Waals surface area contributed by atoms with Crippen LogP contribution in [0.25, 0.3) is 0 Å². The zero-order valence-electron chi connectivity index (χ0n) is 13.3. The number of benzene rings is 2. The summed E-state index contributed by atoms with van der Waals surface area (Å²) >= 11 is 0. The average molecular weight is 324 g/mol. The minimum atomic E-state index is -0.331. The van der Waals surface area contributed by atoms with E-state index in [2.05, 4.69) is 5.32 Å². The predicted molar refractivity (Wildman–Crippen MR) is 92.0 cm³/mol. The van der Waals surface area contributed by atoms with Crippen molar-refractivity contribution in [3.05, 3.63) is 65.7 Å². The third-order valence-electron chi connectivity index (χ3n) is 4.19. The van der Waals surface area contributed by atoms with E-state index in [-0.39, 0.29) is 17.9 Å². The highest BCUT2D eigenvalue weighted by Gasteiger charge is 2.24. The molecule has 2 N–H and O–H groups in total. The summed E-state index contributed by atoms with van der Waals surface area (Å²) in [5.74, 6) is -0.365. The first-order valence-corrected chi connectivity index (χ1v) is 8.08. The van der Waals surface area contributed by atoms with E-state index in [0.29, 0.717) is 42.7 Å². The molecule has 5 heteroatoms. The van der Waals surface area contributed by atoms with Crippen molar-refractivity contribution in [2.75, 3.05) is 18.4 Å². The smallest absolute Gasteiger partial charge is 0.255 e. The number of aliphatic hydroxyl groups is 1. The van der Waals surface area contributed by atoms with Gasteiger partial charge in [-0.25, -0.2) is 0 Å². The number of anilines is 1. The molecule has 0 saturated carbocycles. The molecule has 0 aliphatic carbocycles. The van der Waals surface area contributed by atoms with Gasteiger partial charge in [0.2, 0.25) is 0 Å². The molecule has 0 unspecified atom stereocenters. The maximum atomic E-state index is 12.7. The minimum absolute atomic E-state index is 0.120. The van der Waals surface area contributed by atoms with Crippen LogP contribution in [0.3, 0.4) is 0 Å². The highest BCUT2D eigenvalue weighted by atomic mass is 16.3. The summed E-state index contributed by atoms with van der Waals surface area (Å²) in [4.78, 5) is 26.8. The van der Waals surface area contributed by atoms with Crippen LogP contribution in [-0.4, -0.2) is 41.0 Å². The van der Waals surface area contributed by atoms with Crippen LogP contribution in [0, 0.1) is 0 Å². The van der Waals surface area contributed by atoms with Gasteiger partial charge in [-0.1, -0.05) is 30.3 Å². The number of carbonyl (C=O) groups is 2. The molecule has 1 aliphatic heterocycles. The van der Waals surface area contributed by atoms with Gasteiger partial charge in [0.1, 0.15) is 0 Å². The monoisotopic (exact) mass is 324 g/mol. The molecule has 3 rings (SSSR count). The molecular formula is C19H20N2O3. The van der Waals surface area contributed by atoms with Gasteiger partial charge in [0.05, 0.1) is 17.4 Å². The van der Waals surface area contributed by atoms with E-state index in [1.807, 2.05) is 6.07 Å². The molecule has 0 atom stereocenters. The second kappa shape index (κ2) is 7.27. The van der Waals surface area contributed by atoms with Crippen LogP contribution in [0.2, 0.25) is 0 Å². The first kappa shape index (κ1) is 16.2. The molecular weight excluding hydrogens is 304 g/mol. The van der Waals surface area contributed by atoms with Crippen LogP contribution in [0.4, 0.5) is 5.69 Å². The van der Waals surface area contributed by atoms with Crippen LogP contribution in [0.1, 0.15) is 33.6 Å². The molecule has 1 saturated heterocycles. The summed E-state index contributed by atoms with van der Waals surface area (Å²) in [6, 6.07) is 15.9. The number of carbonyl (C=O) groups excluding carboxylic acids is 2. The van der Waals surface area contributed by atoms with Crippen molar-refractivity contribution in [3.8, 4) is 0 Å². The number of hydrogen-bond donors (Lipinski definition) is 2. The summed E-state index contributed by atoms with van der Waals surface area (Å²) in [5, 5.41) is 12.4. The molecule has 124 valence electrons. The molecule has 2 amide bonds. The first-order chi connectivity index (χ1) is 11.6. The topological polar surface area (TPSA) is 69.6 Å². The predicted octanol–water partition coefficient (Wildman–Crippen LogP) is 2.54. The first-order valence-electron chi connectivity index (χ1n) is 8.08. The fourth-order valence-electron chi connectivity index (χ4n) is 2.80. The Morgan fingerprint density at radius 1 is 0.958 bits per heavy atom. The van der Waals surface area contributed by atoms with Crippen LogP contribution in [-0.2, 0) is 0 Å². The van der Waals surface area contributed by atoms with Gasteiger partial charge < -0.3 is 15.3 Å². The maximum Gasteiger partial charge on any atom is 0.255 e. The van der Waals surface area contributed by atoms with Gasteiger partial charge >= 0.3 is 0 Å². The SMILES string of the molecule is O=C(Nc1ccccc1C(=O)N1CCC(O)CC1)c1ccccc1. The van der Waals surface area contributed by atoms with Gasteiger partial charge in [0.25, 0.3) is 11.8 Å². The quantitative estimate of drug-likeness (QED) is 0.911.